The lowest BCUT2D eigenvalue weighted by Gasteiger charge is -2.27. The van der Waals surface area contributed by atoms with Crippen molar-refractivity contribution < 1.29 is 27.8 Å². The van der Waals surface area contributed by atoms with Crippen LogP contribution in [0.4, 0.5) is 0 Å². The second-order valence-corrected chi connectivity index (χ2v) is 9.22. The number of hydrogen-bond acceptors (Lipinski definition) is 6. The zero-order valence-corrected chi connectivity index (χ0v) is 14.2. The highest BCUT2D eigenvalue weighted by Gasteiger charge is 2.34. The average Bonchev–Trinajstić information content (AvgIpc) is 3.38. The van der Waals surface area contributed by atoms with Gasteiger partial charge in [0.15, 0.2) is 0 Å². The number of ether oxygens (including phenoxy) is 4. The molecule has 0 amide bonds. The molecule has 0 aromatic heterocycles. The van der Waals surface area contributed by atoms with Crippen LogP contribution in [0.3, 0.4) is 0 Å². The summed E-state index contributed by atoms with van der Waals surface area (Å²) in [4.78, 5) is 0. The smallest absolute Gasteiger partial charge is 0.337 e. The van der Waals surface area contributed by atoms with Crippen LogP contribution in [0.15, 0.2) is 0 Å². The summed E-state index contributed by atoms with van der Waals surface area (Å²) in [6.45, 7) is 4.62. The molecule has 21 heavy (non-hydrogen) atoms. The quantitative estimate of drug-likeness (QED) is 0.273. The highest BCUT2D eigenvalue weighted by molar-refractivity contribution is 6.67. The molecular formula is C14H28O6Si. The molecule has 6 nitrogen and oxygen atoms in total. The van der Waals surface area contributed by atoms with Gasteiger partial charge in [-0.3, -0.25) is 0 Å². The molecule has 2 aliphatic rings. The predicted octanol–water partition coefficient (Wildman–Crippen LogP) is 1.33. The second kappa shape index (κ2) is 9.19. The van der Waals surface area contributed by atoms with Crippen molar-refractivity contribution in [1.29, 1.82) is 0 Å². The summed E-state index contributed by atoms with van der Waals surface area (Å²) in [7, 11) is 1.43. The number of epoxide rings is 2. The molecule has 0 bridgehead atoms. The van der Waals surface area contributed by atoms with Gasteiger partial charge in [-0.05, 0) is 24.9 Å². The Morgan fingerprint density at radius 2 is 1.29 bits per heavy atom. The Kier molecular flexibility index (Phi) is 7.59. The molecule has 2 fully saturated rings. The maximum Gasteiger partial charge on any atom is 0.337 e. The van der Waals surface area contributed by atoms with Crippen molar-refractivity contribution in [2.24, 2.45) is 0 Å². The molecule has 124 valence electrons. The zero-order valence-electron chi connectivity index (χ0n) is 13.2. The summed E-state index contributed by atoms with van der Waals surface area (Å²) < 4.78 is 32.8. The van der Waals surface area contributed by atoms with Crippen molar-refractivity contribution in [3.05, 3.63) is 0 Å². The highest BCUT2D eigenvalue weighted by Crippen LogP contribution is 2.22. The van der Waals surface area contributed by atoms with Crippen LogP contribution < -0.4 is 0 Å². The topological polar surface area (TPSA) is 62.0 Å². The Hall–Kier alpha value is -0.0231. The van der Waals surface area contributed by atoms with E-state index in [0.717, 1.165) is 51.4 Å². The SMILES string of the molecule is CO[Si](CCCOC[C@H]1CO1)(CCCOC[C@H]1CO1)OC. The van der Waals surface area contributed by atoms with Gasteiger partial charge in [0.2, 0.25) is 0 Å². The van der Waals surface area contributed by atoms with Crippen molar-refractivity contribution in [2.75, 3.05) is 53.9 Å². The van der Waals surface area contributed by atoms with Crippen LogP contribution in [0.2, 0.25) is 12.1 Å². The molecular weight excluding hydrogens is 292 g/mol. The zero-order chi connectivity index (χ0) is 15.0. The predicted molar refractivity (Wildman–Crippen MR) is 79.7 cm³/mol. The molecule has 0 saturated carbocycles. The lowest BCUT2D eigenvalue weighted by atomic mass is 10.5. The Balaban J connectivity index is 1.52. The minimum absolute atomic E-state index is 0.337. The van der Waals surface area contributed by atoms with Crippen molar-refractivity contribution in [3.63, 3.8) is 0 Å². The van der Waals surface area contributed by atoms with Crippen LogP contribution in [0.5, 0.6) is 0 Å². The molecule has 2 heterocycles. The van der Waals surface area contributed by atoms with Crippen LogP contribution in [0, 0.1) is 0 Å². The lowest BCUT2D eigenvalue weighted by Crippen LogP contribution is -2.40. The van der Waals surface area contributed by atoms with Gasteiger partial charge in [0.1, 0.15) is 12.2 Å². The molecule has 0 spiro atoms. The molecule has 7 heteroatoms. The summed E-state index contributed by atoms with van der Waals surface area (Å²) in [5.74, 6) is 0. The molecule has 0 aromatic carbocycles. The van der Waals surface area contributed by atoms with Gasteiger partial charge in [-0.2, -0.15) is 0 Å². The van der Waals surface area contributed by atoms with E-state index in [1.807, 2.05) is 0 Å². The van der Waals surface area contributed by atoms with E-state index in [1.54, 1.807) is 14.2 Å². The molecule has 0 unspecified atom stereocenters. The first-order valence-corrected chi connectivity index (χ1v) is 10.00. The van der Waals surface area contributed by atoms with E-state index in [4.69, 9.17) is 27.8 Å². The average molecular weight is 320 g/mol. The maximum absolute atomic E-state index is 5.72. The fraction of sp³-hybridized carbons (Fsp3) is 1.00. The first-order chi connectivity index (χ1) is 10.3. The standard InChI is InChI=1S/C14H28O6Si/c1-15-21(16-2,7-3-5-17-9-13-11-19-13)8-4-6-18-10-14-12-20-14/h13-14H,3-12H2,1-2H3/t13-,14-/m0/s1. The molecule has 0 aromatic rings. The van der Waals surface area contributed by atoms with Crippen LogP contribution in [0.25, 0.3) is 0 Å². The molecule has 2 atom stereocenters. The Labute approximate surface area is 128 Å². The summed E-state index contributed by atoms with van der Waals surface area (Å²) in [5, 5.41) is 0. The van der Waals surface area contributed by atoms with E-state index < -0.39 is 8.56 Å². The number of hydrogen-bond donors (Lipinski definition) is 0. The van der Waals surface area contributed by atoms with E-state index in [-0.39, 0.29) is 0 Å². The van der Waals surface area contributed by atoms with Gasteiger partial charge in [0, 0.05) is 27.4 Å². The molecule has 0 aliphatic carbocycles. The Morgan fingerprint density at radius 1 is 0.857 bits per heavy atom. The molecule has 0 N–H and O–H groups in total. The minimum atomic E-state index is -2.09. The summed E-state index contributed by atoms with van der Waals surface area (Å²) in [6.07, 6.45) is 2.61. The third-order valence-electron chi connectivity index (χ3n) is 3.85. The molecule has 0 radical (unpaired) electrons. The van der Waals surface area contributed by atoms with E-state index in [0.29, 0.717) is 25.4 Å². The van der Waals surface area contributed by atoms with E-state index in [1.165, 1.54) is 0 Å². The van der Waals surface area contributed by atoms with Crippen LogP contribution in [0.1, 0.15) is 12.8 Å². The third-order valence-corrected chi connectivity index (χ3v) is 7.57. The van der Waals surface area contributed by atoms with Crippen molar-refractivity contribution >= 4 is 8.56 Å². The van der Waals surface area contributed by atoms with E-state index in [2.05, 4.69) is 0 Å². The third kappa shape index (κ3) is 7.18. The molecule has 2 aliphatic heterocycles. The Morgan fingerprint density at radius 3 is 1.62 bits per heavy atom. The molecule has 2 saturated heterocycles. The maximum atomic E-state index is 5.72. The summed E-state index contributed by atoms with van der Waals surface area (Å²) >= 11 is 0. The van der Waals surface area contributed by atoms with Gasteiger partial charge >= 0.3 is 8.56 Å². The minimum Gasteiger partial charge on any atom is -0.398 e. The summed E-state index contributed by atoms with van der Waals surface area (Å²) in [6, 6.07) is 1.91. The van der Waals surface area contributed by atoms with E-state index >= 15 is 0 Å². The number of rotatable bonds is 14. The van der Waals surface area contributed by atoms with Gasteiger partial charge < -0.3 is 27.8 Å². The largest absolute Gasteiger partial charge is 0.398 e. The Bertz CT molecular complexity index is 255. The highest BCUT2D eigenvalue weighted by atomic mass is 28.4. The van der Waals surface area contributed by atoms with Gasteiger partial charge in [0.05, 0.1) is 26.4 Å². The van der Waals surface area contributed by atoms with Crippen LogP contribution >= 0.6 is 0 Å². The van der Waals surface area contributed by atoms with Crippen LogP contribution in [-0.2, 0) is 27.8 Å². The van der Waals surface area contributed by atoms with Gasteiger partial charge in [-0.25, -0.2) is 0 Å². The first kappa shape index (κ1) is 17.3. The van der Waals surface area contributed by atoms with Gasteiger partial charge in [-0.15, -0.1) is 0 Å². The second-order valence-electron chi connectivity index (χ2n) is 5.59. The van der Waals surface area contributed by atoms with Crippen molar-refractivity contribution in [1.82, 2.24) is 0 Å². The fourth-order valence-electron chi connectivity index (χ4n) is 2.26. The van der Waals surface area contributed by atoms with E-state index in [9.17, 15) is 0 Å². The normalized spacial score (nSPS) is 24.3. The van der Waals surface area contributed by atoms with Crippen molar-refractivity contribution in [2.45, 2.75) is 37.1 Å². The lowest BCUT2D eigenvalue weighted by molar-refractivity contribution is 0.111. The summed E-state index contributed by atoms with van der Waals surface area (Å²) in [5.41, 5.74) is 0. The first-order valence-electron chi connectivity index (χ1n) is 7.77. The van der Waals surface area contributed by atoms with Crippen molar-refractivity contribution in [3.8, 4) is 0 Å². The van der Waals surface area contributed by atoms with Crippen LogP contribution in [-0.4, -0.2) is 74.6 Å². The fourth-order valence-corrected chi connectivity index (χ4v) is 4.86. The van der Waals surface area contributed by atoms with Gasteiger partial charge in [0.25, 0.3) is 0 Å². The van der Waals surface area contributed by atoms with Gasteiger partial charge in [-0.1, -0.05) is 0 Å². The monoisotopic (exact) mass is 320 g/mol. The molecule has 2 rings (SSSR count).